The quantitative estimate of drug-likeness (QED) is 0.698. The predicted octanol–water partition coefficient (Wildman–Crippen LogP) is 2.88. The van der Waals surface area contributed by atoms with Gasteiger partial charge in [-0.05, 0) is 37.0 Å². The standard InChI is InChI=1S/C15H22FNO2/c1-2-7-18-8-9-19-15-6-3-12(10-14(15)16)11-17-13-4-5-13/h3,6,10,13,17H,2,4-5,7-9,11H2,1H3. The summed E-state index contributed by atoms with van der Waals surface area (Å²) in [6.45, 7) is 4.38. The van der Waals surface area contributed by atoms with Gasteiger partial charge in [-0.1, -0.05) is 13.0 Å². The fourth-order valence-electron chi connectivity index (χ4n) is 1.78. The Morgan fingerprint density at radius 1 is 1.26 bits per heavy atom. The maximum absolute atomic E-state index is 13.8. The largest absolute Gasteiger partial charge is 0.488 e. The molecule has 1 fully saturated rings. The SMILES string of the molecule is CCCOCCOc1ccc(CNC2CC2)cc1F. The van der Waals surface area contributed by atoms with Gasteiger partial charge >= 0.3 is 0 Å². The Bertz CT molecular complexity index is 394. The van der Waals surface area contributed by atoms with Gasteiger partial charge in [-0.3, -0.25) is 0 Å². The summed E-state index contributed by atoms with van der Waals surface area (Å²) < 4.78 is 24.4. The van der Waals surface area contributed by atoms with Crippen LogP contribution in [0.5, 0.6) is 5.75 Å². The Kier molecular flexibility index (Phi) is 5.61. The van der Waals surface area contributed by atoms with E-state index in [9.17, 15) is 4.39 Å². The lowest BCUT2D eigenvalue weighted by molar-refractivity contribution is 0.0991. The average Bonchev–Trinajstić information content (AvgIpc) is 3.22. The fourth-order valence-corrected chi connectivity index (χ4v) is 1.78. The minimum atomic E-state index is -0.300. The minimum absolute atomic E-state index is 0.300. The van der Waals surface area contributed by atoms with E-state index in [-0.39, 0.29) is 5.82 Å². The molecule has 0 spiro atoms. The molecule has 1 saturated carbocycles. The molecule has 2 rings (SSSR count). The van der Waals surface area contributed by atoms with Crippen LogP contribution >= 0.6 is 0 Å². The Balaban J connectivity index is 1.73. The number of nitrogens with one attached hydrogen (secondary N) is 1. The first-order valence-corrected chi connectivity index (χ1v) is 7.02. The number of ether oxygens (including phenoxy) is 2. The lowest BCUT2D eigenvalue weighted by Gasteiger charge is -2.09. The van der Waals surface area contributed by atoms with Crippen LogP contribution in [0, 0.1) is 5.82 Å². The molecule has 0 radical (unpaired) electrons. The van der Waals surface area contributed by atoms with E-state index in [0.717, 1.165) is 25.1 Å². The van der Waals surface area contributed by atoms with Crippen LogP contribution in [0.4, 0.5) is 4.39 Å². The Morgan fingerprint density at radius 3 is 2.79 bits per heavy atom. The lowest BCUT2D eigenvalue weighted by Crippen LogP contribution is -2.15. The molecule has 1 aromatic carbocycles. The van der Waals surface area contributed by atoms with Gasteiger partial charge in [-0.25, -0.2) is 4.39 Å². The molecule has 0 aromatic heterocycles. The number of hydrogen-bond acceptors (Lipinski definition) is 3. The molecule has 4 heteroatoms. The molecular formula is C15H22FNO2. The van der Waals surface area contributed by atoms with E-state index in [4.69, 9.17) is 9.47 Å². The number of benzene rings is 1. The highest BCUT2D eigenvalue weighted by Gasteiger charge is 2.20. The second-order valence-corrected chi connectivity index (χ2v) is 4.88. The third-order valence-corrected chi connectivity index (χ3v) is 3.00. The molecule has 0 atom stereocenters. The van der Waals surface area contributed by atoms with Crippen molar-refractivity contribution in [2.75, 3.05) is 19.8 Å². The summed E-state index contributed by atoms with van der Waals surface area (Å²) in [5.41, 5.74) is 0.957. The normalized spacial score (nSPS) is 14.6. The Morgan fingerprint density at radius 2 is 2.11 bits per heavy atom. The molecule has 1 aliphatic rings. The zero-order valence-corrected chi connectivity index (χ0v) is 11.5. The average molecular weight is 267 g/mol. The first-order chi connectivity index (χ1) is 9.29. The van der Waals surface area contributed by atoms with Crippen molar-refractivity contribution in [1.29, 1.82) is 0 Å². The molecule has 0 aliphatic heterocycles. The van der Waals surface area contributed by atoms with Crippen LogP contribution in [0.1, 0.15) is 31.7 Å². The van der Waals surface area contributed by atoms with Crippen LogP contribution in [0.3, 0.4) is 0 Å². The number of hydrogen-bond donors (Lipinski definition) is 1. The van der Waals surface area contributed by atoms with Crippen molar-refractivity contribution in [1.82, 2.24) is 5.32 Å². The van der Waals surface area contributed by atoms with Crippen molar-refractivity contribution in [3.63, 3.8) is 0 Å². The lowest BCUT2D eigenvalue weighted by atomic mass is 10.2. The molecule has 1 aliphatic carbocycles. The van der Waals surface area contributed by atoms with Crippen molar-refractivity contribution >= 4 is 0 Å². The minimum Gasteiger partial charge on any atom is -0.488 e. The van der Waals surface area contributed by atoms with Gasteiger partial charge < -0.3 is 14.8 Å². The van der Waals surface area contributed by atoms with Crippen LogP contribution in [-0.4, -0.2) is 25.9 Å². The molecule has 0 amide bonds. The third kappa shape index (κ3) is 5.17. The van der Waals surface area contributed by atoms with Crippen molar-refractivity contribution in [2.45, 2.75) is 38.8 Å². The van der Waals surface area contributed by atoms with E-state index in [1.165, 1.54) is 18.9 Å². The van der Waals surface area contributed by atoms with Gasteiger partial charge in [0, 0.05) is 19.2 Å². The van der Waals surface area contributed by atoms with Gasteiger partial charge in [0.15, 0.2) is 11.6 Å². The molecule has 0 heterocycles. The van der Waals surface area contributed by atoms with Crippen molar-refractivity contribution in [2.24, 2.45) is 0 Å². The Labute approximate surface area is 114 Å². The second-order valence-electron chi connectivity index (χ2n) is 4.88. The molecule has 3 nitrogen and oxygen atoms in total. The fraction of sp³-hybridized carbons (Fsp3) is 0.600. The van der Waals surface area contributed by atoms with Crippen LogP contribution < -0.4 is 10.1 Å². The molecule has 106 valence electrons. The molecular weight excluding hydrogens is 245 g/mol. The van der Waals surface area contributed by atoms with Gasteiger partial charge in [0.25, 0.3) is 0 Å². The zero-order valence-electron chi connectivity index (χ0n) is 11.5. The smallest absolute Gasteiger partial charge is 0.165 e. The summed E-state index contributed by atoms with van der Waals surface area (Å²) in [4.78, 5) is 0. The van der Waals surface area contributed by atoms with Gasteiger partial charge in [0.1, 0.15) is 6.61 Å². The van der Waals surface area contributed by atoms with E-state index in [2.05, 4.69) is 12.2 Å². The Hall–Kier alpha value is -1.13. The summed E-state index contributed by atoms with van der Waals surface area (Å²) in [7, 11) is 0. The van der Waals surface area contributed by atoms with Crippen LogP contribution in [0.2, 0.25) is 0 Å². The maximum Gasteiger partial charge on any atom is 0.165 e. The van der Waals surface area contributed by atoms with Crippen molar-refractivity contribution < 1.29 is 13.9 Å². The van der Waals surface area contributed by atoms with Gasteiger partial charge in [0.2, 0.25) is 0 Å². The number of rotatable bonds is 9. The van der Waals surface area contributed by atoms with Crippen molar-refractivity contribution in [3.05, 3.63) is 29.6 Å². The van der Waals surface area contributed by atoms with Crippen LogP contribution in [-0.2, 0) is 11.3 Å². The van der Waals surface area contributed by atoms with E-state index in [1.807, 2.05) is 6.07 Å². The molecule has 19 heavy (non-hydrogen) atoms. The molecule has 0 bridgehead atoms. The van der Waals surface area contributed by atoms with Gasteiger partial charge in [-0.15, -0.1) is 0 Å². The highest BCUT2D eigenvalue weighted by molar-refractivity contribution is 5.29. The summed E-state index contributed by atoms with van der Waals surface area (Å²) >= 11 is 0. The predicted molar refractivity (Wildman–Crippen MR) is 72.9 cm³/mol. The highest BCUT2D eigenvalue weighted by Crippen LogP contribution is 2.21. The van der Waals surface area contributed by atoms with Gasteiger partial charge in [0.05, 0.1) is 6.61 Å². The molecule has 1 N–H and O–H groups in total. The first kappa shape index (κ1) is 14.3. The second kappa shape index (κ2) is 7.46. The van der Waals surface area contributed by atoms with Gasteiger partial charge in [-0.2, -0.15) is 0 Å². The molecule has 1 aromatic rings. The third-order valence-electron chi connectivity index (χ3n) is 3.00. The first-order valence-electron chi connectivity index (χ1n) is 7.02. The molecule has 0 unspecified atom stereocenters. The zero-order chi connectivity index (χ0) is 13.5. The van der Waals surface area contributed by atoms with E-state index >= 15 is 0 Å². The number of halogens is 1. The highest BCUT2D eigenvalue weighted by atomic mass is 19.1. The van der Waals surface area contributed by atoms with E-state index in [1.54, 1.807) is 6.07 Å². The summed E-state index contributed by atoms with van der Waals surface area (Å²) in [6.07, 6.45) is 3.46. The van der Waals surface area contributed by atoms with Crippen LogP contribution in [0.15, 0.2) is 18.2 Å². The topological polar surface area (TPSA) is 30.5 Å². The monoisotopic (exact) mass is 267 g/mol. The summed E-state index contributed by atoms with van der Waals surface area (Å²) in [5, 5.41) is 3.36. The van der Waals surface area contributed by atoms with E-state index in [0.29, 0.717) is 25.0 Å². The summed E-state index contributed by atoms with van der Waals surface area (Å²) in [5.74, 6) is 0.000795. The maximum atomic E-state index is 13.8. The van der Waals surface area contributed by atoms with Crippen molar-refractivity contribution in [3.8, 4) is 5.75 Å². The van der Waals surface area contributed by atoms with E-state index < -0.39 is 0 Å². The molecule has 0 saturated heterocycles. The van der Waals surface area contributed by atoms with Crippen LogP contribution in [0.25, 0.3) is 0 Å². The summed E-state index contributed by atoms with van der Waals surface area (Å²) in [6, 6.07) is 5.77.